The number of benzene rings is 2. The lowest BCUT2D eigenvalue weighted by molar-refractivity contribution is 0.386. The molecule has 3 nitrogen and oxygen atoms in total. The van der Waals surface area contributed by atoms with Crippen LogP contribution >= 0.6 is 0 Å². The van der Waals surface area contributed by atoms with Crippen LogP contribution in [0.2, 0.25) is 0 Å². The summed E-state index contributed by atoms with van der Waals surface area (Å²) in [5.41, 5.74) is 10.3. The lowest BCUT2D eigenvalue weighted by Gasteiger charge is -2.23. The smallest absolute Gasteiger partial charge is 0.165 e. The fourth-order valence-corrected chi connectivity index (χ4v) is 2.58. The van der Waals surface area contributed by atoms with Gasteiger partial charge in [0.1, 0.15) is 0 Å². The van der Waals surface area contributed by atoms with Crippen LogP contribution in [0.1, 0.15) is 22.7 Å². The Morgan fingerprint density at radius 3 is 2.43 bits per heavy atom. The van der Waals surface area contributed by atoms with Crippen molar-refractivity contribution in [1.82, 2.24) is 0 Å². The van der Waals surface area contributed by atoms with Crippen LogP contribution in [0.25, 0.3) is 0 Å². The fraction of sp³-hybridized carbons (Fsp3) is 0.294. The topological polar surface area (TPSA) is 47.3 Å². The molecular formula is C17H21FN2O. The minimum atomic E-state index is -0.376. The first kappa shape index (κ1) is 15.3. The highest BCUT2D eigenvalue weighted by molar-refractivity contribution is 5.52. The molecule has 0 aliphatic carbocycles. The van der Waals surface area contributed by atoms with Crippen molar-refractivity contribution >= 4 is 5.69 Å². The largest absolute Gasteiger partial charge is 0.494 e. The number of hydrogen-bond acceptors (Lipinski definition) is 3. The molecule has 2 rings (SSSR count). The molecule has 2 aromatic rings. The minimum Gasteiger partial charge on any atom is -0.494 e. The van der Waals surface area contributed by atoms with Crippen LogP contribution in [0.4, 0.5) is 10.1 Å². The quantitative estimate of drug-likeness (QED) is 0.884. The molecule has 0 heterocycles. The van der Waals surface area contributed by atoms with Gasteiger partial charge in [-0.1, -0.05) is 18.2 Å². The molecule has 3 N–H and O–H groups in total. The lowest BCUT2D eigenvalue weighted by atomic mass is 9.96. The van der Waals surface area contributed by atoms with Crippen LogP contribution in [-0.2, 0) is 0 Å². The number of nitrogens with two attached hydrogens (primary N) is 1. The number of anilines is 1. The third-order valence-electron chi connectivity index (χ3n) is 3.62. The number of rotatable bonds is 5. The van der Waals surface area contributed by atoms with Gasteiger partial charge in [0.25, 0.3) is 0 Å². The molecular weight excluding hydrogens is 267 g/mol. The molecule has 0 spiro atoms. The second kappa shape index (κ2) is 6.59. The van der Waals surface area contributed by atoms with Crippen molar-refractivity contribution in [2.45, 2.75) is 19.9 Å². The van der Waals surface area contributed by atoms with Crippen molar-refractivity contribution in [3.63, 3.8) is 0 Å². The number of aryl methyl sites for hydroxylation is 2. The summed E-state index contributed by atoms with van der Waals surface area (Å²) in [5, 5.41) is 3.36. The highest BCUT2D eigenvalue weighted by Gasteiger charge is 2.15. The number of halogens is 1. The second-order valence-corrected chi connectivity index (χ2v) is 5.09. The summed E-state index contributed by atoms with van der Waals surface area (Å²) in [4.78, 5) is 0. The molecule has 2 aromatic carbocycles. The fourth-order valence-electron chi connectivity index (χ4n) is 2.58. The van der Waals surface area contributed by atoms with Crippen molar-refractivity contribution in [1.29, 1.82) is 0 Å². The molecule has 0 aliphatic rings. The van der Waals surface area contributed by atoms with E-state index >= 15 is 0 Å². The van der Waals surface area contributed by atoms with Gasteiger partial charge in [-0.3, -0.25) is 0 Å². The maximum absolute atomic E-state index is 13.5. The average Bonchev–Trinajstić information content (AvgIpc) is 2.47. The minimum absolute atomic E-state index is 0.0265. The molecule has 0 aliphatic heterocycles. The first-order chi connectivity index (χ1) is 10.1. The molecule has 0 fully saturated rings. The zero-order chi connectivity index (χ0) is 15.4. The summed E-state index contributed by atoms with van der Waals surface area (Å²) >= 11 is 0. The Morgan fingerprint density at radius 1 is 1.19 bits per heavy atom. The van der Waals surface area contributed by atoms with E-state index in [4.69, 9.17) is 10.5 Å². The highest BCUT2D eigenvalue weighted by Crippen LogP contribution is 2.27. The SMILES string of the molecule is COc1cc(NC(CN)c2c(C)cccc2C)ccc1F. The Labute approximate surface area is 124 Å². The van der Waals surface area contributed by atoms with Crippen LogP contribution in [0.15, 0.2) is 36.4 Å². The van der Waals surface area contributed by atoms with E-state index < -0.39 is 0 Å². The molecule has 21 heavy (non-hydrogen) atoms. The predicted octanol–water partition coefficient (Wildman–Crippen LogP) is 3.56. The van der Waals surface area contributed by atoms with Gasteiger partial charge in [0.2, 0.25) is 0 Å². The average molecular weight is 288 g/mol. The Bertz CT molecular complexity index is 608. The number of ether oxygens (including phenoxy) is 1. The van der Waals surface area contributed by atoms with E-state index in [0.29, 0.717) is 6.54 Å². The van der Waals surface area contributed by atoms with E-state index in [0.717, 1.165) is 5.69 Å². The molecule has 4 heteroatoms. The van der Waals surface area contributed by atoms with Gasteiger partial charge >= 0.3 is 0 Å². The third kappa shape index (κ3) is 3.34. The summed E-state index contributed by atoms with van der Waals surface area (Å²) in [6, 6.07) is 10.9. The molecule has 0 radical (unpaired) electrons. The van der Waals surface area contributed by atoms with Gasteiger partial charge in [0, 0.05) is 18.3 Å². The van der Waals surface area contributed by atoms with Crippen LogP contribution in [-0.4, -0.2) is 13.7 Å². The molecule has 0 saturated heterocycles. The summed E-state index contributed by atoms with van der Waals surface area (Å²) in [7, 11) is 1.45. The standard InChI is InChI=1S/C17H21FN2O/c1-11-5-4-6-12(2)17(11)15(10-19)20-13-7-8-14(18)16(9-13)21-3/h4-9,15,20H,10,19H2,1-3H3. The van der Waals surface area contributed by atoms with Gasteiger partial charge < -0.3 is 15.8 Å². The summed E-state index contributed by atoms with van der Waals surface area (Å²) < 4.78 is 18.5. The Morgan fingerprint density at radius 2 is 1.86 bits per heavy atom. The van der Waals surface area contributed by atoms with E-state index in [2.05, 4.69) is 31.3 Å². The van der Waals surface area contributed by atoms with E-state index in [1.165, 1.54) is 29.9 Å². The van der Waals surface area contributed by atoms with Gasteiger partial charge in [-0.15, -0.1) is 0 Å². The third-order valence-corrected chi connectivity index (χ3v) is 3.62. The van der Waals surface area contributed by atoms with Crippen molar-refractivity contribution in [2.75, 3.05) is 19.0 Å². The van der Waals surface area contributed by atoms with E-state index in [1.54, 1.807) is 12.1 Å². The Balaban J connectivity index is 2.31. The summed E-state index contributed by atoms with van der Waals surface area (Å²) in [5.74, 6) is -0.156. The van der Waals surface area contributed by atoms with Gasteiger partial charge in [-0.05, 0) is 42.7 Å². The number of nitrogens with one attached hydrogen (secondary N) is 1. The summed E-state index contributed by atoms with van der Waals surface area (Å²) in [6.45, 7) is 4.58. The van der Waals surface area contributed by atoms with Crippen LogP contribution < -0.4 is 15.8 Å². The first-order valence-electron chi connectivity index (χ1n) is 6.93. The summed E-state index contributed by atoms with van der Waals surface area (Å²) in [6.07, 6.45) is 0. The van der Waals surface area contributed by atoms with E-state index in [1.807, 2.05) is 6.07 Å². The molecule has 0 aromatic heterocycles. The molecule has 0 bridgehead atoms. The Hall–Kier alpha value is -2.07. The second-order valence-electron chi connectivity index (χ2n) is 5.09. The number of methoxy groups -OCH3 is 1. The molecule has 0 amide bonds. The zero-order valence-corrected chi connectivity index (χ0v) is 12.6. The monoisotopic (exact) mass is 288 g/mol. The zero-order valence-electron chi connectivity index (χ0n) is 12.6. The molecule has 1 unspecified atom stereocenters. The van der Waals surface area contributed by atoms with Crippen LogP contribution in [0, 0.1) is 19.7 Å². The maximum atomic E-state index is 13.5. The van der Waals surface area contributed by atoms with E-state index in [9.17, 15) is 4.39 Å². The van der Waals surface area contributed by atoms with Crippen LogP contribution in [0.5, 0.6) is 5.75 Å². The lowest BCUT2D eigenvalue weighted by Crippen LogP contribution is -2.22. The van der Waals surface area contributed by atoms with Crippen molar-refractivity contribution in [2.24, 2.45) is 5.73 Å². The van der Waals surface area contributed by atoms with Gasteiger partial charge in [0.15, 0.2) is 11.6 Å². The van der Waals surface area contributed by atoms with Gasteiger partial charge in [-0.2, -0.15) is 0 Å². The van der Waals surface area contributed by atoms with Crippen molar-refractivity contribution in [3.05, 3.63) is 58.9 Å². The predicted molar refractivity (Wildman–Crippen MR) is 84.3 cm³/mol. The van der Waals surface area contributed by atoms with Crippen molar-refractivity contribution in [3.8, 4) is 5.75 Å². The number of hydrogen-bond donors (Lipinski definition) is 2. The maximum Gasteiger partial charge on any atom is 0.165 e. The van der Waals surface area contributed by atoms with Crippen molar-refractivity contribution < 1.29 is 9.13 Å². The normalized spacial score (nSPS) is 12.0. The van der Waals surface area contributed by atoms with Gasteiger partial charge in [0.05, 0.1) is 13.2 Å². The first-order valence-corrected chi connectivity index (χ1v) is 6.93. The molecule has 0 saturated carbocycles. The highest BCUT2D eigenvalue weighted by atomic mass is 19.1. The molecule has 1 atom stereocenters. The molecule has 112 valence electrons. The van der Waals surface area contributed by atoms with Gasteiger partial charge in [-0.25, -0.2) is 4.39 Å². The Kier molecular flexibility index (Phi) is 4.81. The van der Waals surface area contributed by atoms with E-state index in [-0.39, 0.29) is 17.6 Å². The van der Waals surface area contributed by atoms with Crippen LogP contribution in [0.3, 0.4) is 0 Å².